The van der Waals surface area contributed by atoms with Crippen molar-refractivity contribution in [1.29, 1.82) is 0 Å². The van der Waals surface area contributed by atoms with Crippen LogP contribution in [0.15, 0.2) is 36.7 Å². The van der Waals surface area contributed by atoms with Gasteiger partial charge in [0, 0.05) is 27.2 Å². The molecule has 0 spiro atoms. The highest BCUT2D eigenvalue weighted by Crippen LogP contribution is 2.29. The first-order chi connectivity index (χ1) is 11.5. The second kappa shape index (κ2) is 6.27. The lowest BCUT2D eigenvalue weighted by Crippen LogP contribution is -2.41. The van der Waals surface area contributed by atoms with Crippen molar-refractivity contribution in [1.82, 2.24) is 14.9 Å². The van der Waals surface area contributed by atoms with Crippen molar-refractivity contribution in [3.05, 3.63) is 53.5 Å². The average molecular weight is 326 g/mol. The number of amides is 1. The van der Waals surface area contributed by atoms with Gasteiger partial charge in [-0.05, 0) is 11.1 Å². The van der Waals surface area contributed by atoms with E-state index in [0.717, 1.165) is 11.1 Å². The van der Waals surface area contributed by atoms with Gasteiger partial charge in [-0.15, -0.1) is 0 Å². The van der Waals surface area contributed by atoms with E-state index >= 15 is 0 Å². The number of carboxylic acids is 1. The van der Waals surface area contributed by atoms with Crippen LogP contribution in [0.4, 0.5) is 5.82 Å². The lowest BCUT2D eigenvalue weighted by molar-refractivity contribution is -0.139. The van der Waals surface area contributed by atoms with Gasteiger partial charge < -0.3 is 14.9 Å². The third-order valence-corrected chi connectivity index (χ3v) is 4.10. The maximum Gasteiger partial charge on any atom is 0.312 e. The molecule has 1 amide bonds. The van der Waals surface area contributed by atoms with Crippen molar-refractivity contribution >= 4 is 17.7 Å². The van der Waals surface area contributed by atoms with Gasteiger partial charge in [0.2, 0.25) is 0 Å². The van der Waals surface area contributed by atoms with E-state index in [9.17, 15) is 14.7 Å². The molecule has 0 saturated heterocycles. The number of rotatable bonds is 3. The van der Waals surface area contributed by atoms with E-state index in [4.69, 9.17) is 0 Å². The van der Waals surface area contributed by atoms with Crippen LogP contribution in [0.2, 0.25) is 0 Å². The van der Waals surface area contributed by atoms with Gasteiger partial charge in [-0.3, -0.25) is 9.59 Å². The van der Waals surface area contributed by atoms with E-state index in [0.29, 0.717) is 12.4 Å². The molecular weight excluding hydrogens is 308 g/mol. The van der Waals surface area contributed by atoms with E-state index in [2.05, 4.69) is 9.97 Å². The van der Waals surface area contributed by atoms with Crippen LogP contribution in [-0.2, 0) is 11.3 Å². The van der Waals surface area contributed by atoms with Crippen molar-refractivity contribution in [2.24, 2.45) is 0 Å². The summed E-state index contributed by atoms with van der Waals surface area (Å²) in [6.45, 7) is 0.498. The largest absolute Gasteiger partial charge is 0.481 e. The topological polar surface area (TPSA) is 86.6 Å². The van der Waals surface area contributed by atoms with Gasteiger partial charge in [0.05, 0.1) is 18.3 Å². The molecule has 124 valence electrons. The van der Waals surface area contributed by atoms with Gasteiger partial charge in [0.25, 0.3) is 5.91 Å². The fourth-order valence-corrected chi connectivity index (χ4v) is 2.80. The number of carboxylic acid groups (broad SMARTS) is 1. The normalized spacial score (nSPS) is 16.4. The van der Waals surface area contributed by atoms with Crippen molar-refractivity contribution in [2.75, 3.05) is 25.5 Å². The van der Waals surface area contributed by atoms with Crippen LogP contribution in [-0.4, -0.2) is 52.5 Å². The second-order valence-electron chi connectivity index (χ2n) is 5.93. The molecule has 0 saturated carbocycles. The van der Waals surface area contributed by atoms with E-state index in [1.165, 1.54) is 17.3 Å². The highest BCUT2D eigenvalue weighted by Gasteiger charge is 2.33. The smallest absolute Gasteiger partial charge is 0.312 e. The minimum absolute atomic E-state index is 0.127. The van der Waals surface area contributed by atoms with Gasteiger partial charge in [0.1, 0.15) is 11.5 Å². The van der Waals surface area contributed by atoms with Crippen LogP contribution in [0.1, 0.15) is 27.5 Å². The molecule has 2 heterocycles. The van der Waals surface area contributed by atoms with Crippen molar-refractivity contribution in [3.8, 4) is 0 Å². The maximum absolute atomic E-state index is 12.7. The molecule has 24 heavy (non-hydrogen) atoms. The Kier molecular flexibility index (Phi) is 4.16. The molecule has 0 aliphatic carbocycles. The number of carbonyl (C=O) groups excluding carboxylic acids is 1. The van der Waals surface area contributed by atoms with Gasteiger partial charge in [-0.1, -0.05) is 24.3 Å². The van der Waals surface area contributed by atoms with Crippen molar-refractivity contribution in [3.63, 3.8) is 0 Å². The Balaban J connectivity index is 1.87. The SMILES string of the molecule is CN(C)c1cnc(C(=O)N2Cc3ccccc3C(C(=O)O)C2)cn1. The summed E-state index contributed by atoms with van der Waals surface area (Å²) in [6.07, 6.45) is 2.95. The van der Waals surface area contributed by atoms with Crippen molar-refractivity contribution < 1.29 is 14.7 Å². The number of benzene rings is 1. The van der Waals surface area contributed by atoms with Crippen LogP contribution in [0.25, 0.3) is 0 Å². The minimum Gasteiger partial charge on any atom is -0.481 e. The molecule has 1 aromatic carbocycles. The summed E-state index contributed by atoms with van der Waals surface area (Å²) in [5, 5.41) is 9.48. The number of fused-ring (bicyclic) bond motifs is 1. The summed E-state index contributed by atoms with van der Waals surface area (Å²) in [5.41, 5.74) is 1.83. The Hall–Kier alpha value is -2.96. The summed E-state index contributed by atoms with van der Waals surface area (Å²) in [4.78, 5) is 35.9. The lowest BCUT2D eigenvalue weighted by Gasteiger charge is -2.32. The number of hydrogen-bond acceptors (Lipinski definition) is 5. The Morgan fingerprint density at radius 3 is 2.58 bits per heavy atom. The molecule has 1 atom stereocenters. The van der Waals surface area contributed by atoms with Crippen molar-refractivity contribution in [2.45, 2.75) is 12.5 Å². The molecule has 0 bridgehead atoms. The first kappa shape index (κ1) is 15.9. The van der Waals surface area contributed by atoms with Gasteiger partial charge in [-0.25, -0.2) is 9.97 Å². The summed E-state index contributed by atoms with van der Waals surface area (Å²) in [5.74, 6) is -1.32. The van der Waals surface area contributed by atoms with Crippen LogP contribution in [0.5, 0.6) is 0 Å². The molecule has 0 fully saturated rings. The first-order valence-electron chi connectivity index (χ1n) is 7.56. The number of hydrogen-bond donors (Lipinski definition) is 1. The number of carbonyl (C=O) groups is 2. The second-order valence-corrected chi connectivity index (χ2v) is 5.93. The molecule has 1 N–H and O–H groups in total. The van der Waals surface area contributed by atoms with Crippen LogP contribution in [0.3, 0.4) is 0 Å². The Morgan fingerprint density at radius 1 is 1.21 bits per heavy atom. The summed E-state index contributed by atoms with van der Waals surface area (Å²) in [7, 11) is 3.68. The third kappa shape index (κ3) is 2.92. The van der Waals surface area contributed by atoms with Crippen LogP contribution in [0, 0.1) is 0 Å². The van der Waals surface area contributed by atoms with Crippen LogP contribution < -0.4 is 4.90 Å². The standard InChI is InChI=1S/C17H18N4O3/c1-20(2)15-8-18-14(7-19-15)16(22)21-9-11-5-3-4-6-12(11)13(10-21)17(23)24/h3-8,13H,9-10H2,1-2H3,(H,23,24). The number of nitrogens with zero attached hydrogens (tertiary/aromatic N) is 4. The molecule has 1 aromatic heterocycles. The number of aromatic nitrogens is 2. The molecule has 0 radical (unpaired) electrons. The Labute approximate surface area is 139 Å². The Bertz CT molecular complexity index is 774. The van der Waals surface area contributed by atoms with E-state index in [1.54, 1.807) is 4.90 Å². The highest BCUT2D eigenvalue weighted by molar-refractivity contribution is 5.93. The van der Waals surface area contributed by atoms with Crippen LogP contribution >= 0.6 is 0 Å². The highest BCUT2D eigenvalue weighted by atomic mass is 16.4. The predicted molar refractivity (Wildman–Crippen MR) is 87.9 cm³/mol. The molecule has 3 rings (SSSR count). The molecular formula is C17H18N4O3. The van der Waals surface area contributed by atoms with Gasteiger partial charge in [0.15, 0.2) is 0 Å². The molecule has 1 unspecified atom stereocenters. The monoisotopic (exact) mass is 326 g/mol. The molecule has 1 aliphatic heterocycles. The summed E-state index contributed by atoms with van der Waals surface area (Å²) < 4.78 is 0. The quantitative estimate of drug-likeness (QED) is 0.916. The summed E-state index contributed by atoms with van der Waals surface area (Å²) in [6, 6.07) is 7.32. The molecule has 7 nitrogen and oxygen atoms in total. The maximum atomic E-state index is 12.7. The number of aliphatic carboxylic acids is 1. The predicted octanol–water partition coefficient (Wildman–Crippen LogP) is 1.37. The zero-order valence-electron chi connectivity index (χ0n) is 13.5. The zero-order valence-corrected chi connectivity index (χ0v) is 13.5. The summed E-state index contributed by atoms with van der Waals surface area (Å²) >= 11 is 0. The molecule has 2 aromatic rings. The minimum atomic E-state index is -0.936. The zero-order chi connectivity index (χ0) is 17.3. The number of anilines is 1. The van der Waals surface area contributed by atoms with Gasteiger partial charge >= 0.3 is 5.97 Å². The fraction of sp³-hybridized carbons (Fsp3) is 0.294. The molecule has 1 aliphatic rings. The van der Waals surface area contributed by atoms with E-state index < -0.39 is 11.9 Å². The molecule has 7 heteroatoms. The Morgan fingerprint density at radius 2 is 1.96 bits per heavy atom. The van der Waals surface area contributed by atoms with Gasteiger partial charge in [-0.2, -0.15) is 0 Å². The lowest BCUT2D eigenvalue weighted by atomic mass is 9.89. The van der Waals surface area contributed by atoms with E-state index in [-0.39, 0.29) is 18.1 Å². The fourth-order valence-electron chi connectivity index (χ4n) is 2.80. The first-order valence-corrected chi connectivity index (χ1v) is 7.56. The van der Waals surface area contributed by atoms with E-state index in [1.807, 2.05) is 38.4 Å². The third-order valence-electron chi connectivity index (χ3n) is 4.10. The average Bonchev–Trinajstić information content (AvgIpc) is 2.60.